The maximum atomic E-state index is 12.7. The van der Waals surface area contributed by atoms with E-state index in [4.69, 9.17) is 4.74 Å². The van der Waals surface area contributed by atoms with Gasteiger partial charge in [0.1, 0.15) is 0 Å². The van der Waals surface area contributed by atoms with Crippen molar-refractivity contribution in [1.29, 1.82) is 0 Å². The van der Waals surface area contributed by atoms with E-state index in [0.29, 0.717) is 0 Å². The summed E-state index contributed by atoms with van der Waals surface area (Å²) in [6.07, 6.45) is 7.57. The van der Waals surface area contributed by atoms with Gasteiger partial charge in [-0.1, -0.05) is 6.08 Å². The number of hydrogen-bond donors (Lipinski definition) is 1. The first-order chi connectivity index (χ1) is 12.7. The van der Waals surface area contributed by atoms with E-state index in [-0.39, 0.29) is 5.78 Å². The zero-order valence-corrected chi connectivity index (χ0v) is 15.9. The third-order valence-electron chi connectivity index (χ3n) is 5.49. The highest BCUT2D eigenvalue weighted by Crippen LogP contribution is 2.42. The number of benzene rings is 1. The summed E-state index contributed by atoms with van der Waals surface area (Å²) >= 11 is 3.67. The number of hydrogen-bond acceptors (Lipinski definition) is 3. The molecule has 0 radical (unpaired) electrons. The van der Waals surface area contributed by atoms with Crippen molar-refractivity contribution in [2.75, 3.05) is 26.3 Å². The van der Waals surface area contributed by atoms with Crippen molar-refractivity contribution in [3.05, 3.63) is 63.4 Å². The van der Waals surface area contributed by atoms with Gasteiger partial charge in [-0.25, -0.2) is 0 Å². The number of halogens is 1. The van der Waals surface area contributed by atoms with E-state index in [0.717, 1.165) is 60.4 Å². The zero-order chi connectivity index (χ0) is 17.7. The highest BCUT2D eigenvalue weighted by Gasteiger charge is 2.30. The van der Waals surface area contributed by atoms with Gasteiger partial charge < -0.3 is 14.6 Å². The Kier molecular flexibility index (Phi) is 3.87. The predicted molar refractivity (Wildman–Crippen MR) is 106 cm³/mol. The van der Waals surface area contributed by atoms with Crippen LogP contribution in [0.1, 0.15) is 18.4 Å². The SMILES string of the molecule is O=C1C=C(N2CCOCC2)CC2=C1CC=C2c1cc(Br)c2[nH]ccc2c1. The Bertz CT molecular complexity index is 1010. The first kappa shape index (κ1) is 16.1. The first-order valence-electron chi connectivity index (χ1n) is 8.98. The molecule has 3 aliphatic rings. The molecule has 132 valence electrons. The summed E-state index contributed by atoms with van der Waals surface area (Å²) < 4.78 is 6.51. The summed E-state index contributed by atoms with van der Waals surface area (Å²) in [6.45, 7) is 3.19. The van der Waals surface area contributed by atoms with E-state index in [1.54, 1.807) is 0 Å². The summed E-state index contributed by atoms with van der Waals surface area (Å²) in [5, 5.41) is 1.18. The molecule has 5 heteroatoms. The summed E-state index contributed by atoms with van der Waals surface area (Å²) in [5.41, 5.74) is 6.77. The Morgan fingerprint density at radius 2 is 2.00 bits per heavy atom. The van der Waals surface area contributed by atoms with E-state index < -0.39 is 0 Å². The minimum absolute atomic E-state index is 0.167. The van der Waals surface area contributed by atoms with Gasteiger partial charge in [-0.05, 0) is 57.3 Å². The number of morpholine rings is 1. The van der Waals surface area contributed by atoms with Crippen molar-refractivity contribution < 1.29 is 9.53 Å². The van der Waals surface area contributed by atoms with Gasteiger partial charge in [0.2, 0.25) is 0 Å². The number of nitrogens with one attached hydrogen (secondary N) is 1. The van der Waals surface area contributed by atoms with Crippen LogP contribution in [-0.2, 0) is 9.53 Å². The Hall–Kier alpha value is -2.11. The van der Waals surface area contributed by atoms with Crippen LogP contribution in [0.3, 0.4) is 0 Å². The maximum absolute atomic E-state index is 12.7. The molecule has 2 aromatic rings. The highest BCUT2D eigenvalue weighted by molar-refractivity contribution is 9.10. The third-order valence-corrected chi connectivity index (χ3v) is 6.12. The minimum atomic E-state index is 0.167. The van der Waals surface area contributed by atoms with Crippen molar-refractivity contribution >= 4 is 38.2 Å². The Balaban J connectivity index is 1.50. The summed E-state index contributed by atoms with van der Waals surface area (Å²) in [4.78, 5) is 18.3. The maximum Gasteiger partial charge on any atom is 0.184 e. The smallest absolute Gasteiger partial charge is 0.184 e. The van der Waals surface area contributed by atoms with Gasteiger partial charge in [-0.15, -0.1) is 0 Å². The Morgan fingerprint density at radius 3 is 2.85 bits per heavy atom. The molecule has 0 unspecified atom stereocenters. The lowest BCUT2D eigenvalue weighted by Gasteiger charge is -2.33. The molecule has 4 nitrogen and oxygen atoms in total. The topological polar surface area (TPSA) is 45.3 Å². The van der Waals surface area contributed by atoms with E-state index in [2.05, 4.69) is 50.1 Å². The molecule has 0 spiro atoms. The molecule has 0 atom stereocenters. The van der Waals surface area contributed by atoms with Gasteiger partial charge in [-0.3, -0.25) is 4.79 Å². The number of nitrogens with zero attached hydrogens (tertiary/aromatic N) is 1. The minimum Gasteiger partial charge on any atom is -0.378 e. The van der Waals surface area contributed by atoms with Crippen molar-refractivity contribution in [3.63, 3.8) is 0 Å². The molecule has 1 aromatic heterocycles. The molecular weight excluding hydrogens is 392 g/mol. The fourth-order valence-corrected chi connectivity index (χ4v) is 4.75. The lowest BCUT2D eigenvalue weighted by atomic mass is 9.89. The summed E-state index contributed by atoms with van der Waals surface area (Å²) in [6, 6.07) is 6.44. The second-order valence-corrected chi connectivity index (χ2v) is 7.81. The molecule has 1 aliphatic heterocycles. The number of aromatic amines is 1. The van der Waals surface area contributed by atoms with E-state index in [1.807, 2.05) is 12.3 Å². The molecule has 1 aromatic carbocycles. The number of H-pyrrole nitrogens is 1. The second kappa shape index (κ2) is 6.25. The Labute approximate surface area is 160 Å². The van der Waals surface area contributed by atoms with E-state index in [1.165, 1.54) is 22.1 Å². The van der Waals surface area contributed by atoms with Crippen molar-refractivity contribution in [3.8, 4) is 0 Å². The van der Waals surface area contributed by atoms with Crippen LogP contribution in [0.2, 0.25) is 0 Å². The number of carbonyl (C=O) groups is 1. The molecule has 5 rings (SSSR count). The quantitative estimate of drug-likeness (QED) is 0.806. The van der Waals surface area contributed by atoms with Crippen LogP contribution < -0.4 is 0 Å². The molecule has 1 N–H and O–H groups in total. The van der Waals surface area contributed by atoms with Crippen LogP contribution in [0.25, 0.3) is 16.5 Å². The van der Waals surface area contributed by atoms with Crippen molar-refractivity contribution in [1.82, 2.24) is 9.88 Å². The van der Waals surface area contributed by atoms with E-state index >= 15 is 0 Å². The number of allylic oxidation sites excluding steroid dienone is 5. The van der Waals surface area contributed by atoms with Gasteiger partial charge in [-0.2, -0.15) is 0 Å². The molecule has 1 saturated heterocycles. The number of rotatable bonds is 2. The average molecular weight is 411 g/mol. The van der Waals surface area contributed by atoms with Crippen LogP contribution in [-0.4, -0.2) is 42.0 Å². The molecule has 2 heterocycles. The normalized spacial score (nSPS) is 20.5. The fraction of sp³-hybridized carbons (Fsp3) is 0.286. The predicted octanol–water partition coefficient (Wildman–Crippen LogP) is 4.20. The van der Waals surface area contributed by atoms with Crippen molar-refractivity contribution in [2.24, 2.45) is 0 Å². The van der Waals surface area contributed by atoms with Crippen LogP contribution >= 0.6 is 15.9 Å². The van der Waals surface area contributed by atoms with Crippen LogP contribution in [0.4, 0.5) is 0 Å². The largest absolute Gasteiger partial charge is 0.378 e. The highest BCUT2D eigenvalue weighted by atomic mass is 79.9. The molecule has 0 amide bonds. The number of carbonyl (C=O) groups excluding carboxylic acids is 1. The van der Waals surface area contributed by atoms with Crippen molar-refractivity contribution in [2.45, 2.75) is 12.8 Å². The lowest BCUT2D eigenvalue weighted by Crippen LogP contribution is -2.36. The van der Waals surface area contributed by atoms with Gasteiger partial charge in [0.05, 0.1) is 18.7 Å². The standard InChI is InChI=1S/C21H19BrN2O2/c22-19-10-14(9-13-3-4-23-21(13)19)16-1-2-17-18(16)11-15(12-20(17)25)24-5-7-26-8-6-24/h1,3-4,9-10,12,23H,2,5-8,11H2. The lowest BCUT2D eigenvalue weighted by molar-refractivity contribution is -0.111. The fourth-order valence-electron chi connectivity index (χ4n) is 4.16. The average Bonchev–Trinajstić information content (AvgIpc) is 3.29. The number of aromatic nitrogens is 1. The number of ketones is 1. The van der Waals surface area contributed by atoms with Crippen LogP contribution in [0.5, 0.6) is 0 Å². The number of ether oxygens (including phenoxy) is 1. The molecule has 0 bridgehead atoms. The summed E-state index contributed by atoms with van der Waals surface area (Å²) in [7, 11) is 0. The third kappa shape index (κ3) is 2.58. The van der Waals surface area contributed by atoms with Gasteiger partial charge in [0.15, 0.2) is 5.78 Å². The van der Waals surface area contributed by atoms with Gasteiger partial charge in [0, 0.05) is 52.9 Å². The van der Waals surface area contributed by atoms with E-state index in [9.17, 15) is 4.79 Å². The van der Waals surface area contributed by atoms with Gasteiger partial charge in [0.25, 0.3) is 0 Å². The van der Waals surface area contributed by atoms with Crippen LogP contribution in [0, 0.1) is 0 Å². The zero-order valence-electron chi connectivity index (χ0n) is 14.3. The molecular formula is C21H19BrN2O2. The monoisotopic (exact) mass is 410 g/mol. The van der Waals surface area contributed by atoms with Crippen LogP contribution in [0.15, 0.2) is 57.9 Å². The number of fused-ring (bicyclic) bond motifs is 1. The molecule has 0 saturated carbocycles. The molecule has 1 fully saturated rings. The van der Waals surface area contributed by atoms with Gasteiger partial charge >= 0.3 is 0 Å². The molecule has 26 heavy (non-hydrogen) atoms. The summed E-state index contributed by atoms with van der Waals surface area (Å²) in [5.74, 6) is 0.167. The molecule has 2 aliphatic carbocycles. The second-order valence-electron chi connectivity index (χ2n) is 6.96. The first-order valence-corrected chi connectivity index (χ1v) is 9.77. The Morgan fingerprint density at radius 1 is 1.15 bits per heavy atom.